The average Bonchev–Trinajstić information content (AvgIpc) is 2.71. The van der Waals surface area contributed by atoms with Crippen LogP contribution >= 0.6 is 0 Å². The van der Waals surface area contributed by atoms with E-state index in [0.717, 1.165) is 0 Å². The Labute approximate surface area is 165 Å². The third kappa shape index (κ3) is 7.57. The van der Waals surface area contributed by atoms with Crippen molar-refractivity contribution in [1.29, 1.82) is 0 Å². The Morgan fingerprint density at radius 3 is 2.14 bits per heavy atom. The first-order chi connectivity index (χ1) is 13.9. The van der Waals surface area contributed by atoms with Gasteiger partial charge in [-0.2, -0.15) is 8.78 Å². The minimum atomic E-state index is -2.94. The number of ether oxygens (including phenoxy) is 3. The molecule has 0 aromatic heterocycles. The van der Waals surface area contributed by atoms with E-state index in [2.05, 4.69) is 10.1 Å². The molecule has 0 atom stereocenters. The lowest BCUT2D eigenvalue weighted by atomic mass is 10.1. The van der Waals surface area contributed by atoms with Crippen LogP contribution in [0.25, 0.3) is 0 Å². The molecule has 1 N–H and O–H groups in total. The normalized spacial score (nSPS) is 10.3. The quantitative estimate of drug-likeness (QED) is 0.479. The van der Waals surface area contributed by atoms with Gasteiger partial charge in [-0.05, 0) is 48.5 Å². The molecule has 0 saturated carbocycles. The summed E-state index contributed by atoms with van der Waals surface area (Å²) >= 11 is 0. The van der Waals surface area contributed by atoms with E-state index in [-0.39, 0.29) is 11.5 Å². The summed E-state index contributed by atoms with van der Waals surface area (Å²) in [5, 5.41) is 2.44. The van der Waals surface area contributed by atoms with Gasteiger partial charge in [-0.3, -0.25) is 9.59 Å². The van der Waals surface area contributed by atoms with E-state index in [9.17, 15) is 23.2 Å². The number of esters is 1. The molecule has 0 bridgehead atoms. The monoisotopic (exact) mass is 407 g/mol. The highest BCUT2D eigenvalue weighted by Gasteiger charge is 2.10. The largest absolute Gasteiger partial charge is 0.482 e. The summed E-state index contributed by atoms with van der Waals surface area (Å²) in [6.45, 7) is -2.13. The predicted molar refractivity (Wildman–Crippen MR) is 99.2 cm³/mol. The number of Topliss-reactive ketones (excluding diaryl/α,β-unsaturated/α-hetero) is 1. The molecule has 1 amide bonds. The van der Waals surface area contributed by atoms with Crippen LogP contribution in [0.2, 0.25) is 0 Å². The molecule has 29 heavy (non-hydrogen) atoms. The number of hydrogen-bond acceptors (Lipinski definition) is 6. The number of ketones is 1. The SMILES string of the molecule is CCC(=O)c1ccc(OCC(=O)OCC(=O)Nc2ccc(OC(F)F)cc2)cc1. The zero-order valence-corrected chi connectivity index (χ0v) is 15.5. The van der Waals surface area contributed by atoms with E-state index in [1.165, 1.54) is 24.3 Å². The summed E-state index contributed by atoms with van der Waals surface area (Å²) in [6, 6.07) is 11.6. The first-order valence-electron chi connectivity index (χ1n) is 8.63. The fourth-order valence-electron chi connectivity index (χ4n) is 2.19. The van der Waals surface area contributed by atoms with Gasteiger partial charge >= 0.3 is 12.6 Å². The van der Waals surface area contributed by atoms with Gasteiger partial charge in [0.1, 0.15) is 11.5 Å². The van der Waals surface area contributed by atoms with Crippen molar-refractivity contribution in [3.05, 3.63) is 54.1 Å². The number of halogens is 2. The molecule has 9 heteroatoms. The van der Waals surface area contributed by atoms with E-state index in [4.69, 9.17) is 9.47 Å². The maximum atomic E-state index is 12.1. The molecular weight excluding hydrogens is 388 g/mol. The van der Waals surface area contributed by atoms with Gasteiger partial charge in [-0.25, -0.2) is 4.79 Å². The summed E-state index contributed by atoms with van der Waals surface area (Å²) in [7, 11) is 0. The van der Waals surface area contributed by atoms with Crippen LogP contribution in [0.5, 0.6) is 11.5 Å². The molecule has 0 spiro atoms. The van der Waals surface area contributed by atoms with E-state index in [1.807, 2.05) is 0 Å². The smallest absolute Gasteiger partial charge is 0.387 e. The van der Waals surface area contributed by atoms with E-state index < -0.39 is 31.7 Å². The van der Waals surface area contributed by atoms with Gasteiger partial charge in [0, 0.05) is 17.7 Å². The second-order valence-electron chi connectivity index (χ2n) is 5.70. The Kier molecular flexibility index (Phi) is 8.08. The second-order valence-corrected chi connectivity index (χ2v) is 5.70. The van der Waals surface area contributed by atoms with Gasteiger partial charge in [0.25, 0.3) is 5.91 Å². The van der Waals surface area contributed by atoms with E-state index in [1.54, 1.807) is 31.2 Å². The lowest BCUT2D eigenvalue weighted by Crippen LogP contribution is -2.23. The molecule has 0 aliphatic carbocycles. The van der Waals surface area contributed by atoms with Crippen LogP contribution in [0.1, 0.15) is 23.7 Å². The zero-order chi connectivity index (χ0) is 21.2. The maximum absolute atomic E-state index is 12.1. The van der Waals surface area contributed by atoms with Gasteiger partial charge < -0.3 is 19.5 Å². The Hall–Kier alpha value is -3.49. The number of amides is 1. The third-order valence-corrected chi connectivity index (χ3v) is 3.58. The molecule has 7 nitrogen and oxygen atoms in total. The van der Waals surface area contributed by atoms with Crippen molar-refractivity contribution in [1.82, 2.24) is 0 Å². The van der Waals surface area contributed by atoms with Crippen LogP contribution in [0, 0.1) is 0 Å². The number of rotatable bonds is 10. The van der Waals surface area contributed by atoms with Gasteiger partial charge in [-0.15, -0.1) is 0 Å². The predicted octanol–water partition coefficient (Wildman–Crippen LogP) is 3.44. The van der Waals surface area contributed by atoms with Gasteiger partial charge in [0.2, 0.25) is 0 Å². The van der Waals surface area contributed by atoms with Crippen LogP contribution in [0.4, 0.5) is 14.5 Å². The minimum Gasteiger partial charge on any atom is -0.482 e. The van der Waals surface area contributed by atoms with E-state index in [0.29, 0.717) is 23.4 Å². The Balaban J connectivity index is 1.71. The first kappa shape index (κ1) is 21.8. The van der Waals surface area contributed by atoms with Crippen molar-refractivity contribution in [2.75, 3.05) is 18.5 Å². The van der Waals surface area contributed by atoms with Gasteiger partial charge in [-0.1, -0.05) is 6.92 Å². The van der Waals surface area contributed by atoms with Crippen molar-refractivity contribution in [2.45, 2.75) is 20.0 Å². The number of nitrogens with one attached hydrogen (secondary N) is 1. The molecule has 0 radical (unpaired) electrons. The topological polar surface area (TPSA) is 90.9 Å². The van der Waals surface area contributed by atoms with E-state index >= 15 is 0 Å². The summed E-state index contributed by atoms with van der Waals surface area (Å²) in [4.78, 5) is 35.0. The lowest BCUT2D eigenvalue weighted by Gasteiger charge is -2.09. The van der Waals surface area contributed by atoms with Crippen molar-refractivity contribution in [2.24, 2.45) is 0 Å². The Morgan fingerprint density at radius 1 is 0.931 bits per heavy atom. The summed E-state index contributed by atoms with van der Waals surface area (Å²) in [5.41, 5.74) is 0.874. The molecule has 0 aliphatic heterocycles. The van der Waals surface area contributed by atoms with Crippen molar-refractivity contribution in [3.63, 3.8) is 0 Å². The van der Waals surface area contributed by atoms with Crippen LogP contribution in [-0.2, 0) is 14.3 Å². The molecule has 0 aliphatic rings. The third-order valence-electron chi connectivity index (χ3n) is 3.58. The Bertz CT molecular complexity index is 837. The average molecular weight is 407 g/mol. The van der Waals surface area contributed by atoms with Crippen molar-refractivity contribution in [3.8, 4) is 11.5 Å². The maximum Gasteiger partial charge on any atom is 0.387 e. The zero-order valence-electron chi connectivity index (χ0n) is 15.5. The molecular formula is C20H19F2NO6. The highest BCUT2D eigenvalue weighted by molar-refractivity contribution is 5.96. The number of hydrogen-bond donors (Lipinski definition) is 1. The summed E-state index contributed by atoms with van der Waals surface area (Å²) in [6.07, 6.45) is 0.391. The molecule has 2 rings (SSSR count). The molecule has 154 valence electrons. The minimum absolute atomic E-state index is 0.00170. The molecule has 0 saturated heterocycles. The number of carbonyl (C=O) groups excluding carboxylic acids is 3. The number of carbonyl (C=O) groups is 3. The second kappa shape index (κ2) is 10.7. The van der Waals surface area contributed by atoms with Gasteiger partial charge in [0.15, 0.2) is 19.0 Å². The fourth-order valence-corrected chi connectivity index (χ4v) is 2.19. The molecule has 2 aromatic rings. The first-order valence-corrected chi connectivity index (χ1v) is 8.63. The molecule has 0 unspecified atom stereocenters. The highest BCUT2D eigenvalue weighted by Crippen LogP contribution is 2.17. The van der Waals surface area contributed by atoms with Crippen LogP contribution < -0.4 is 14.8 Å². The molecule has 0 fully saturated rings. The standard InChI is InChI=1S/C20H19F2NO6/c1-2-17(24)13-3-7-15(8-4-13)27-12-19(26)28-11-18(25)23-14-5-9-16(10-6-14)29-20(21)22/h3-10,20H,2,11-12H2,1H3,(H,23,25). The highest BCUT2D eigenvalue weighted by atomic mass is 19.3. The number of alkyl halides is 2. The summed E-state index contributed by atoms with van der Waals surface area (Å²) in [5.74, 6) is -1.03. The molecule has 0 heterocycles. The summed E-state index contributed by atoms with van der Waals surface area (Å²) < 4.78 is 38.4. The fraction of sp³-hybridized carbons (Fsp3) is 0.250. The van der Waals surface area contributed by atoms with Gasteiger partial charge in [0.05, 0.1) is 0 Å². The van der Waals surface area contributed by atoms with Crippen molar-refractivity contribution >= 4 is 23.3 Å². The Morgan fingerprint density at radius 2 is 1.55 bits per heavy atom. The van der Waals surface area contributed by atoms with Crippen LogP contribution in [-0.4, -0.2) is 37.5 Å². The number of benzene rings is 2. The molecule has 2 aromatic carbocycles. The lowest BCUT2D eigenvalue weighted by molar-refractivity contribution is -0.149. The van der Waals surface area contributed by atoms with Crippen LogP contribution in [0.15, 0.2) is 48.5 Å². The van der Waals surface area contributed by atoms with Crippen molar-refractivity contribution < 1.29 is 37.4 Å². The number of anilines is 1. The van der Waals surface area contributed by atoms with Crippen LogP contribution in [0.3, 0.4) is 0 Å².